The van der Waals surface area contributed by atoms with E-state index in [4.69, 9.17) is 9.47 Å². The molecule has 1 amide bonds. The highest BCUT2D eigenvalue weighted by molar-refractivity contribution is 6.00. The van der Waals surface area contributed by atoms with Gasteiger partial charge in [-0.15, -0.1) is 0 Å². The van der Waals surface area contributed by atoms with Gasteiger partial charge in [-0.2, -0.15) is 0 Å². The molecular weight excluding hydrogens is 282 g/mol. The normalized spacial score (nSPS) is 19.7. The second kappa shape index (κ2) is 5.72. The van der Waals surface area contributed by atoms with Crippen molar-refractivity contribution in [1.29, 1.82) is 0 Å². The van der Waals surface area contributed by atoms with Crippen LogP contribution in [-0.4, -0.2) is 49.0 Å². The molecule has 22 heavy (non-hydrogen) atoms. The Labute approximate surface area is 130 Å². The van der Waals surface area contributed by atoms with Crippen molar-refractivity contribution in [2.75, 3.05) is 26.8 Å². The summed E-state index contributed by atoms with van der Waals surface area (Å²) >= 11 is 0. The molecular formula is C17H21NO4. The molecule has 2 heterocycles. The number of aryl methyl sites for hydroxylation is 1. The highest BCUT2D eigenvalue weighted by atomic mass is 16.5. The molecule has 0 N–H and O–H groups in total. The standard InChI is InChI=1S/C17H21NO4/c1-12-3-4-15-13(9-12)14(19)10-17(22-15)5-7-18(8-6-17)16(20)11-21-2/h3-4,9H,5-8,10-11H2,1-2H3. The average Bonchev–Trinajstić information content (AvgIpc) is 2.49. The van der Waals surface area contributed by atoms with Gasteiger partial charge in [0.2, 0.25) is 5.91 Å². The summed E-state index contributed by atoms with van der Waals surface area (Å²) in [6.07, 6.45) is 1.76. The largest absolute Gasteiger partial charge is 0.486 e. The third-order valence-electron chi connectivity index (χ3n) is 4.54. The third kappa shape index (κ3) is 2.73. The minimum Gasteiger partial charge on any atom is -0.486 e. The number of benzene rings is 1. The first-order valence-corrected chi connectivity index (χ1v) is 7.63. The second-order valence-corrected chi connectivity index (χ2v) is 6.20. The smallest absolute Gasteiger partial charge is 0.248 e. The molecule has 0 unspecified atom stereocenters. The van der Waals surface area contributed by atoms with Crippen molar-refractivity contribution in [1.82, 2.24) is 4.90 Å². The minimum absolute atomic E-state index is 0.00416. The van der Waals surface area contributed by atoms with Gasteiger partial charge in [-0.3, -0.25) is 9.59 Å². The molecule has 0 saturated carbocycles. The van der Waals surface area contributed by atoms with Gasteiger partial charge >= 0.3 is 0 Å². The first-order chi connectivity index (χ1) is 10.5. The molecule has 0 radical (unpaired) electrons. The van der Waals surface area contributed by atoms with Crippen molar-refractivity contribution in [3.8, 4) is 5.75 Å². The quantitative estimate of drug-likeness (QED) is 0.838. The van der Waals surface area contributed by atoms with Crippen molar-refractivity contribution in [3.05, 3.63) is 29.3 Å². The summed E-state index contributed by atoms with van der Waals surface area (Å²) in [7, 11) is 1.52. The number of hydrogen-bond donors (Lipinski definition) is 0. The number of ketones is 1. The number of carbonyl (C=O) groups excluding carboxylic acids is 2. The van der Waals surface area contributed by atoms with Crippen LogP contribution in [0.2, 0.25) is 0 Å². The van der Waals surface area contributed by atoms with Crippen LogP contribution in [0.1, 0.15) is 35.2 Å². The number of ether oxygens (including phenoxy) is 2. The Balaban J connectivity index is 1.73. The van der Waals surface area contributed by atoms with Crippen LogP contribution in [0.3, 0.4) is 0 Å². The van der Waals surface area contributed by atoms with Gasteiger partial charge in [-0.1, -0.05) is 11.6 Å². The Morgan fingerprint density at radius 2 is 2.09 bits per heavy atom. The van der Waals surface area contributed by atoms with Crippen LogP contribution in [0.25, 0.3) is 0 Å². The molecule has 1 spiro atoms. The summed E-state index contributed by atoms with van der Waals surface area (Å²) in [4.78, 5) is 26.1. The van der Waals surface area contributed by atoms with Crippen molar-refractivity contribution in [3.63, 3.8) is 0 Å². The first-order valence-electron chi connectivity index (χ1n) is 7.63. The lowest BCUT2D eigenvalue weighted by Gasteiger charge is -2.44. The van der Waals surface area contributed by atoms with Crippen molar-refractivity contribution in [2.45, 2.75) is 31.8 Å². The molecule has 2 aliphatic heterocycles. The van der Waals surface area contributed by atoms with Gasteiger partial charge in [0.05, 0.1) is 12.0 Å². The fourth-order valence-corrected chi connectivity index (χ4v) is 3.27. The molecule has 0 aliphatic carbocycles. The van der Waals surface area contributed by atoms with Crippen LogP contribution < -0.4 is 4.74 Å². The van der Waals surface area contributed by atoms with E-state index in [0.29, 0.717) is 43.7 Å². The molecule has 1 fully saturated rings. The molecule has 0 atom stereocenters. The van der Waals surface area contributed by atoms with Gasteiger partial charge in [0, 0.05) is 33.0 Å². The van der Waals surface area contributed by atoms with Crippen LogP contribution >= 0.6 is 0 Å². The predicted octanol–water partition coefficient (Wildman–Crippen LogP) is 1.97. The second-order valence-electron chi connectivity index (χ2n) is 6.20. The number of piperidine rings is 1. The maximum Gasteiger partial charge on any atom is 0.248 e. The Morgan fingerprint density at radius 1 is 1.36 bits per heavy atom. The van der Waals surface area contributed by atoms with E-state index in [1.165, 1.54) is 7.11 Å². The monoisotopic (exact) mass is 303 g/mol. The number of nitrogens with zero attached hydrogens (tertiary/aromatic N) is 1. The molecule has 5 nitrogen and oxygen atoms in total. The van der Waals surface area contributed by atoms with Crippen LogP contribution in [0.5, 0.6) is 5.75 Å². The van der Waals surface area contributed by atoms with E-state index in [2.05, 4.69) is 0 Å². The Kier molecular flexibility index (Phi) is 3.91. The minimum atomic E-state index is -0.455. The molecule has 118 valence electrons. The van der Waals surface area contributed by atoms with E-state index in [1.807, 2.05) is 25.1 Å². The fraction of sp³-hybridized carbons (Fsp3) is 0.529. The Bertz CT molecular complexity index is 603. The maximum atomic E-state index is 12.4. The lowest BCUT2D eigenvalue weighted by molar-refractivity contribution is -0.138. The van der Waals surface area contributed by atoms with E-state index in [-0.39, 0.29) is 18.3 Å². The van der Waals surface area contributed by atoms with Gasteiger partial charge in [0.1, 0.15) is 18.0 Å². The van der Waals surface area contributed by atoms with Crippen molar-refractivity contribution < 1.29 is 19.1 Å². The summed E-state index contributed by atoms with van der Waals surface area (Å²) in [6.45, 7) is 3.29. The number of amides is 1. The van der Waals surface area contributed by atoms with Crippen molar-refractivity contribution in [2.24, 2.45) is 0 Å². The zero-order valence-electron chi connectivity index (χ0n) is 13.1. The van der Waals surface area contributed by atoms with Gasteiger partial charge in [-0.05, 0) is 19.1 Å². The topological polar surface area (TPSA) is 55.8 Å². The average molecular weight is 303 g/mol. The lowest BCUT2D eigenvalue weighted by Crippen LogP contribution is -2.52. The van der Waals surface area contributed by atoms with E-state index < -0.39 is 5.60 Å². The molecule has 2 aliphatic rings. The fourth-order valence-electron chi connectivity index (χ4n) is 3.27. The van der Waals surface area contributed by atoms with Gasteiger partial charge < -0.3 is 14.4 Å². The SMILES string of the molecule is COCC(=O)N1CCC2(CC1)CC(=O)c1cc(C)ccc1O2. The third-order valence-corrected chi connectivity index (χ3v) is 4.54. The van der Waals surface area contributed by atoms with Crippen molar-refractivity contribution >= 4 is 11.7 Å². The van der Waals surface area contributed by atoms with Crippen LogP contribution in [0, 0.1) is 6.92 Å². The molecule has 1 saturated heterocycles. The van der Waals surface area contributed by atoms with Crippen LogP contribution in [-0.2, 0) is 9.53 Å². The zero-order valence-corrected chi connectivity index (χ0v) is 13.1. The number of carbonyl (C=O) groups is 2. The highest BCUT2D eigenvalue weighted by Gasteiger charge is 2.43. The number of Topliss-reactive ketones (excluding diaryl/α,β-unsaturated/α-hetero) is 1. The molecule has 1 aromatic carbocycles. The summed E-state index contributed by atoms with van der Waals surface area (Å²) in [6, 6.07) is 5.73. The zero-order chi connectivity index (χ0) is 15.7. The summed E-state index contributed by atoms with van der Waals surface area (Å²) in [5.74, 6) is 0.815. The maximum absolute atomic E-state index is 12.4. The van der Waals surface area contributed by atoms with E-state index in [9.17, 15) is 9.59 Å². The van der Waals surface area contributed by atoms with E-state index in [0.717, 1.165) is 5.56 Å². The van der Waals surface area contributed by atoms with Gasteiger partial charge in [0.15, 0.2) is 5.78 Å². The number of likely N-dealkylation sites (tertiary alicyclic amines) is 1. The number of methoxy groups -OCH3 is 1. The molecule has 3 rings (SSSR count). The molecule has 0 aromatic heterocycles. The van der Waals surface area contributed by atoms with Gasteiger partial charge in [-0.25, -0.2) is 0 Å². The highest BCUT2D eigenvalue weighted by Crippen LogP contribution is 2.39. The molecule has 0 bridgehead atoms. The van der Waals surface area contributed by atoms with Crippen LogP contribution in [0.15, 0.2) is 18.2 Å². The number of fused-ring (bicyclic) bond motifs is 1. The summed E-state index contributed by atoms with van der Waals surface area (Å²) < 4.78 is 11.1. The van der Waals surface area contributed by atoms with E-state index >= 15 is 0 Å². The Morgan fingerprint density at radius 3 is 2.77 bits per heavy atom. The molecule has 1 aromatic rings. The van der Waals surface area contributed by atoms with Crippen LogP contribution in [0.4, 0.5) is 0 Å². The lowest BCUT2D eigenvalue weighted by atomic mass is 9.82. The first kappa shape index (κ1) is 15.0. The van der Waals surface area contributed by atoms with E-state index in [1.54, 1.807) is 4.90 Å². The number of rotatable bonds is 2. The summed E-state index contributed by atoms with van der Waals surface area (Å²) in [5, 5.41) is 0. The van der Waals surface area contributed by atoms with Gasteiger partial charge in [0.25, 0.3) is 0 Å². The number of hydrogen-bond acceptors (Lipinski definition) is 4. The molecule has 5 heteroatoms. The predicted molar refractivity (Wildman–Crippen MR) is 81.2 cm³/mol. The summed E-state index contributed by atoms with van der Waals surface area (Å²) in [5.41, 5.74) is 1.29. The Hall–Kier alpha value is -1.88.